The van der Waals surface area contributed by atoms with Crippen LogP contribution in [0, 0.1) is 13.5 Å². The Morgan fingerprint density at radius 1 is 1.30 bits per heavy atom. The molecule has 1 saturated carbocycles. The molecule has 1 atom stereocenters. The zero-order chi connectivity index (χ0) is 21.5. The van der Waals surface area contributed by atoms with Crippen LogP contribution in [0.2, 0.25) is 0 Å². The molecule has 0 unspecified atom stereocenters. The van der Waals surface area contributed by atoms with E-state index in [9.17, 15) is 9.90 Å². The zero-order valence-electron chi connectivity index (χ0n) is 17.6. The lowest BCUT2D eigenvalue weighted by atomic mass is 9.78. The van der Waals surface area contributed by atoms with Crippen LogP contribution in [0.25, 0.3) is 15.9 Å². The molecule has 0 saturated heterocycles. The smallest absolute Gasteiger partial charge is 0.229 e. The average molecular weight is 402 g/mol. The van der Waals surface area contributed by atoms with E-state index in [2.05, 4.69) is 26.6 Å². The Kier molecular flexibility index (Phi) is 4.87. The van der Waals surface area contributed by atoms with Gasteiger partial charge in [0.2, 0.25) is 11.9 Å². The SMILES string of the molecule is [C-]#[N+]c1ccc2nc(NC(=O)C[C@](C)(O)c3ccc(C)cc3)n(C3(C)CCC3)c2c1. The van der Waals surface area contributed by atoms with Crippen molar-refractivity contribution in [1.29, 1.82) is 0 Å². The van der Waals surface area contributed by atoms with Crippen LogP contribution in [0.15, 0.2) is 42.5 Å². The van der Waals surface area contributed by atoms with Gasteiger partial charge in [0.15, 0.2) is 5.69 Å². The summed E-state index contributed by atoms with van der Waals surface area (Å²) in [6.07, 6.45) is 3.02. The second-order valence-corrected chi connectivity index (χ2v) is 8.77. The van der Waals surface area contributed by atoms with Gasteiger partial charge in [-0.25, -0.2) is 9.83 Å². The van der Waals surface area contributed by atoms with E-state index in [0.29, 0.717) is 17.2 Å². The fraction of sp³-hybridized carbons (Fsp3) is 0.375. The van der Waals surface area contributed by atoms with Crippen LogP contribution < -0.4 is 5.32 Å². The summed E-state index contributed by atoms with van der Waals surface area (Å²) < 4.78 is 2.05. The number of benzene rings is 2. The van der Waals surface area contributed by atoms with Crippen molar-refractivity contribution in [3.8, 4) is 0 Å². The standard InChI is InChI=1S/C24H26N4O2/c1-16-6-8-17(9-7-16)24(3,30)15-21(29)27-22-26-19-11-10-18(25-4)14-20(19)28(22)23(2)12-5-13-23/h6-11,14,30H,5,12-13,15H2,1-3H3,(H,26,27,29)/t24-/m0/s1. The summed E-state index contributed by atoms with van der Waals surface area (Å²) in [7, 11) is 0. The maximum absolute atomic E-state index is 12.9. The first-order valence-corrected chi connectivity index (χ1v) is 10.2. The van der Waals surface area contributed by atoms with E-state index in [1.807, 2.05) is 43.3 Å². The number of hydrogen-bond donors (Lipinski definition) is 2. The number of rotatable bonds is 5. The van der Waals surface area contributed by atoms with Gasteiger partial charge >= 0.3 is 0 Å². The first-order valence-electron chi connectivity index (χ1n) is 10.2. The first-order chi connectivity index (χ1) is 14.2. The molecule has 2 aromatic carbocycles. The molecule has 0 radical (unpaired) electrons. The monoisotopic (exact) mass is 402 g/mol. The van der Waals surface area contributed by atoms with Crippen LogP contribution in [0.5, 0.6) is 0 Å². The number of imidazole rings is 1. The second-order valence-electron chi connectivity index (χ2n) is 8.77. The minimum absolute atomic E-state index is 0.0801. The number of fused-ring (bicyclic) bond motifs is 1. The Bertz CT molecular complexity index is 1150. The largest absolute Gasteiger partial charge is 0.385 e. The van der Waals surface area contributed by atoms with Crippen molar-refractivity contribution in [3.63, 3.8) is 0 Å². The third-order valence-corrected chi connectivity index (χ3v) is 6.17. The molecule has 154 valence electrons. The summed E-state index contributed by atoms with van der Waals surface area (Å²) in [5.41, 5.74) is 2.52. The van der Waals surface area contributed by atoms with Gasteiger partial charge in [0.1, 0.15) is 0 Å². The Hall–Kier alpha value is -3.17. The molecule has 0 bridgehead atoms. The molecule has 0 spiro atoms. The highest BCUT2D eigenvalue weighted by atomic mass is 16.3. The number of anilines is 1. The molecular formula is C24H26N4O2. The number of aromatic nitrogens is 2. The zero-order valence-corrected chi connectivity index (χ0v) is 17.6. The van der Waals surface area contributed by atoms with Crippen molar-refractivity contribution < 1.29 is 9.90 Å². The Balaban J connectivity index is 1.65. The molecule has 1 aliphatic rings. The quantitative estimate of drug-likeness (QED) is 0.588. The van der Waals surface area contributed by atoms with Crippen molar-refractivity contribution in [2.45, 2.75) is 57.6 Å². The Morgan fingerprint density at radius 3 is 2.60 bits per heavy atom. The summed E-state index contributed by atoms with van der Waals surface area (Å²) in [6.45, 7) is 13.1. The maximum Gasteiger partial charge on any atom is 0.229 e. The van der Waals surface area contributed by atoms with Crippen molar-refractivity contribution in [2.75, 3.05) is 5.32 Å². The number of amides is 1. The normalized spacial score (nSPS) is 17.0. The molecule has 6 nitrogen and oxygen atoms in total. The van der Waals surface area contributed by atoms with Gasteiger partial charge in [-0.05, 0) is 57.7 Å². The van der Waals surface area contributed by atoms with E-state index in [1.165, 1.54) is 0 Å². The predicted octanol–water partition coefficient (Wildman–Crippen LogP) is 5.03. The lowest BCUT2D eigenvalue weighted by molar-refractivity contribution is -0.120. The fourth-order valence-corrected chi connectivity index (χ4v) is 4.17. The fourth-order valence-electron chi connectivity index (χ4n) is 4.17. The number of aliphatic hydroxyl groups is 1. The number of nitrogens with one attached hydrogen (secondary N) is 1. The summed E-state index contributed by atoms with van der Waals surface area (Å²) in [6, 6.07) is 12.9. The van der Waals surface area contributed by atoms with Gasteiger partial charge in [0, 0.05) is 5.54 Å². The van der Waals surface area contributed by atoms with E-state index < -0.39 is 5.60 Å². The topological polar surface area (TPSA) is 71.5 Å². The van der Waals surface area contributed by atoms with E-state index in [-0.39, 0.29) is 17.9 Å². The van der Waals surface area contributed by atoms with Gasteiger partial charge in [0.05, 0.1) is 29.6 Å². The molecule has 30 heavy (non-hydrogen) atoms. The molecule has 1 fully saturated rings. The molecule has 6 heteroatoms. The van der Waals surface area contributed by atoms with Crippen LogP contribution in [0.3, 0.4) is 0 Å². The van der Waals surface area contributed by atoms with Crippen LogP contribution in [0.1, 0.15) is 50.7 Å². The summed E-state index contributed by atoms with van der Waals surface area (Å²) in [5.74, 6) is 0.171. The molecule has 1 amide bonds. The molecule has 1 aromatic heterocycles. The van der Waals surface area contributed by atoms with Crippen molar-refractivity contribution >= 4 is 28.6 Å². The van der Waals surface area contributed by atoms with Gasteiger partial charge in [0.25, 0.3) is 0 Å². The van der Waals surface area contributed by atoms with Crippen molar-refractivity contribution in [2.24, 2.45) is 0 Å². The number of carbonyl (C=O) groups is 1. The van der Waals surface area contributed by atoms with E-state index in [0.717, 1.165) is 35.9 Å². The third kappa shape index (κ3) is 3.57. The Labute approximate surface area is 176 Å². The van der Waals surface area contributed by atoms with Crippen LogP contribution in [-0.2, 0) is 15.9 Å². The van der Waals surface area contributed by atoms with E-state index in [1.54, 1.807) is 13.0 Å². The predicted molar refractivity (Wildman–Crippen MR) is 117 cm³/mol. The molecule has 1 aliphatic carbocycles. The lowest BCUT2D eigenvalue weighted by Gasteiger charge is -2.41. The summed E-state index contributed by atoms with van der Waals surface area (Å²) in [5, 5.41) is 13.8. The minimum atomic E-state index is -1.29. The van der Waals surface area contributed by atoms with E-state index >= 15 is 0 Å². The van der Waals surface area contributed by atoms with Crippen molar-refractivity contribution in [1.82, 2.24) is 9.55 Å². The summed E-state index contributed by atoms with van der Waals surface area (Å²) in [4.78, 5) is 21.1. The number of nitrogens with zero attached hydrogens (tertiary/aromatic N) is 3. The minimum Gasteiger partial charge on any atom is -0.385 e. The van der Waals surface area contributed by atoms with Crippen LogP contribution in [-0.4, -0.2) is 20.6 Å². The van der Waals surface area contributed by atoms with Gasteiger partial charge in [-0.1, -0.05) is 35.9 Å². The number of carbonyl (C=O) groups excluding carboxylic acids is 1. The van der Waals surface area contributed by atoms with Gasteiger partial charge in [-0.2, -0.15) is 0 Å². The van der Waals surface area contributed by atoms with Crippen LogP contribution >= 0.6 is 0 Å². The highest BCUT2D eigenvalue weighted by molar-refractivity contribution is 5.93. The molecule has 2 N–H and O–H groups in total. The third-order valence-electron chi connectivity index (χ3n) is 6.17. The number of hydrogen-bond acceptors (Lipinski definition) is 3. The molecule has 1 heterocycles. The molecular weight excluding hydrogens is 376 g/mol. The van der Waals surface area contributed by atoms with Gasteiger partial charge in [-0.3, -0.25) is 10.1 Å². The first kappa shape index (κ1) is 20.1. The molecule has 3 aromatic rings. The Morgan fingerprint density at radius 2 is 2.00 bits per heavy atom. The maximum atomic E-state index is 12.9. The van der Waals surface area contributed by atoms with Crippen molar-refractivity contribution in [3.05, 3.63) is 65.0 Å². The highest BCUT2D eigenvalue weighted by Gasteiger charge is 2.37. The van der Waals surface area contributed by atoms with Crippen LogP contribution in [0.4, 0.5) is 11.6 Å². The second kappa shape index (κ2) is 7.26. The average Bonchev–Trinajstić information content (AvgIpc) is 3.02. The van der Waals surface area contributed by atoms with E-state index in [4.69, 9.17) is 6.57 Å². The van der Waals surface area contributed by atoms with Gasteiger partial charge in [-0.15, -0.1) is 0 Å². The van der Waals surface area contributed by atoms with Gasteiger partial charge < -0.3 is 9.67 Å². The molecule has 4 rings (SSSR count). The highest BCUT2D eigenvalue weighted by Crippen LogP contribution is 2.43. The molecule has 0 aliphatic heterocycles. The number of aryl methyl sites for hydroxylation is 1. The lowest BCUT2D eigenvalue weighted by Crippen LogP contribution is -2.38. The summed E-state index contributed by atoms with van der Waals surface area (Å²) >= 11 is 0.